The topological polar surface area (TPSA) is 65.0 Å². The van der Waals surface area contributed by atoms with Crippen LogP contribution in [0.25, 0.3) is 0 Å². The number of amides is 2. The number of rotatable bonds is 6. The lowest BCUT2D eigenvalue weighted by Gasteiger charge is -2.39. The zero-order valence-electron chi connectivity index (χ0n) is 17.3. The molecule has 0 unspecified atom stereocenters. The summed E-state index contributed by atoms with van der Waals surface area (Å²) in [5.41, 5.74) is 3.06. The van der Waals surface area contributed by atoms with E-state index in [-0.39, 0.29) is 18.4 Å². The molecular formula is C22H32N4O2. The normalized spacial score (nSPS) is 23.5. The van der Waals surface area contributed by atoms with Gasteiger partial charge in [0.05, 0.1) is 5.71 Å². The predicted octanol–water partition coefficient (Wildman–Crippen LogP) is 2.70. The Kier molecular flexibility index (Phi) is 6.83. The average molecular weight is 385 g/mol. The number of carbonyl (C=O) groups is 2. The largest absolute Gasteiger partial charge is 0.353 e. The smallest absolute Gasteiger partial charge is 0.243 e. The van der Waals surface area contributed by atoms with Crippen molar-refractivity contribution < 1.29 is 9.59 Å². The van der Waals surface area contributed by atoms with Gasteiger partial charge in [-0.25, -0.2) is 5.01 Å². The van der Waals surface area contributed by atoms with Crippen LogP contribution in [0.3, 0.4) is 0 Å². The Labute approximate surface area is 168 Å². The van der Waals surface area contributed by atoms with Crippen LogP contribution in [0.4, 0.5) is 0 Å². The fourth-order valence-electron chi connectivity index (χ4n) is 4.11. The SMILES string of the molecule is Cc1ccc(C2=NN(CC(=O)NCCN3[C@@H](C)CCC[C@@H]3C)C(=O)CC2)cc1. The maximum atomic E-state index is 12.4. The minimum Gasteiger partial charge on any atom is -0.353 e. The number of piperidine rings is 1. The maximum absolute atomic E-state index is 12.4. The van der Waals surface area contributed by atoms with Crippen LogP contribution < -0.4 is 5.32 Å². The highest BCUT2D eigenvalue weighted by Gasteiger charge is 2.25. The minimum atomic E-state index is -0.153. The summed E-state index contributed by atoms with van der Waals surface area (Å²) in [6, 6.07) is 9.23. The van der Waals surface area contributed by atoms with Crippen LogP contribution in [0, 0.1) is 6.92 Å². The number of benzene rings is 1. The van der Waals surface area contributed by atoms with Crippen LogP contribution in [0.15, 0.2) is 29.4 Å². The molecule has 152 valence electrons. The average Bonchev–Trinajstić information content (AvgIpc) is 2.66. The van der Waals surface area contributed by atoms with Gasteiger partial charge in [0.25, 0.3) is 0 Å². The van der Waals surface area contributed by atoms with Gasteiger partial charge in [-0.2, -0.15) is 5.10 Å². The van der Waals surface area contributed by atoms with Crippen molar-refractivity contribution in [3.63, 3.8) is 0 Å². The summed E-state index contributed by atoms with van der Waals surface area (Å²) in [6.45, 7) is 7.98. The molecule has 0 spiro atoms. The lowest BCUT2D eigenvalue weighted by molar-refractivity contribution is -0.136. The van der Waals surface area contributed by atoms with Gasteiger partial charge in [-0.3, -0.25) is 14.5 Å². The molecule has 28 heavy (non-hydrogen) atoms. The predicted molar refractivity (Wildman–Crippen MR) is 111 cm³/mol. The number of hydrazone groups is 1. The molecule has 0 radical (unpaired) electrons. The molecule has 0 saturated carbocycles. The molecule has 3 rings (SSSR count). The van der Waals surface area contributed by atoms with Gasteiger partial charge in [-0.1, -0.05) is 36.2 Å². The first kappa shape index (κ1) is 20.5. The molecule has 1 saturated heterocycles. The molecular weight excluding hydrogens is 352 g/mol. The van der Waals surface area contributed by atoms with Crippen LogP contribution >= 0.6 is 0 Å². The molecule has 0 bridgehead atoms. The third kappa shape index (κ3) is 5.19. The van der Waals surface area contributed by atoms with E-state index >= 15 is 0 Å². The maximum Gasteiger partial charge on any atom is 0.243 e. The van der Waals surface area contributed by atoms with Crippen molar-refractivity contribution in [1.82, 2.24) is 15.2 Å². The highest BCUT2D eigenvalue weighted by atomic mass is 16.2. The first-order valence-corrected chi connectivity index (χ1v) is 10.4. The van der Waals surface area contributed by atoms with Crippen molar-refractivity contribution in [3.05, 3.63) is 35.4 Å². The Morgan fingerprint density at radius 1 is 1.14 bits per heavy atom. The number of carbonyl (C=O) groups excluding carboxylic acids is 2. The monoisotopic (exact) mass is 384 g/mol. The molecule has 6 nitrogen and oxygen atoms in total. The van der Waals surface area contributed by atoms with E-state index in [0.717, 1.165) is 17.8 Å². The Bertz CT molecular complexity index is 719. The van der Waals surface area contributed by atoms with E-state index in [1.165, 1.54) is 29.8 Å². The van der Waals surface area contributed by atoms with Crippen LogP contribution in [-0.4, -0.2) is 59.2 Å². The minimum absolute atomic E-state index is 0.0146. The molecule has 2 aliphatic heterocycles. The molecule has 1 aromatic carbocycles. The number of nitrogens with one attached hydrogen (secondary N) is 1. The molecule has 2 heterocycles. The van der Waals surface area contributed by atoms with E-state index in [1.54, 1.807) is 0 Å². The van der Waals surface area contributed by atoms with E-state index in [2.05, 4.69) is 29.2 Å². The van der Waals surface area contributed by atoms with Gasteiger partial charge < -0.3 is 5.32 Å². The van der Waals surface area contributed by atoms with E-state index < -0.39 is 0 Å². The Morgan fingerprint density at radius 2 is 1.82 bits per heavy atom. The van der Waals surface area contributed by atoms with Gasteiger partial charge in [0.2, 0.25) is 11.8 Å². The first-order valence-electron chi connectivity index (χ1n) is 10.4. The summed E-state index contributed by atoms with van der Waals surface area (Å²) < 4.78 is 0. The Balaban J connectivity index is 1.52. The molecule has 0 aromatic heterocycles. The van der Waals surface area contributed by atoms with Gasteiger partial charge in [0.15, 0.2) is 0 Å². The summed E-state index contributed by atoms with van der Waals surface area (Å²) >= 11 is 0. The number of nitrogens with zero attached hydrogens (tertiary/aromatic N) is 3. The van der Waals surface area contributed by atoms with Gasteiger partial charge in [0, 0.05) is 38.0 Å². The molecule has 2 atom stereocenters. The second kappa shape index (κ2) is 9.32. The van der Waals surface area contributed by atoms with Crippen LogP contribution in [0.1, 0.15) is 57.1 Å². The molecule has 2 amide bonds. The fourth-order valence-corrected chi connectivity index (χ4v) is 4.11. The molecule has 1 aromatic rings. The molecule has 0 aliphatic carbocycles. The third-order valence-corrected chi connectivity index (χ3v) is 5.85. The first-order chi connectivity index (χ1) is 13.4. The standard InChI is InChI=1S/C22H32N4O2/c1-16-7-9-19(10-8-16)20-11-12-22(28)26(24-20)15-21(27)23-13-14-25-17(2)5-4-6-18(25)3/h7-10,17-18H,4-6,11-15H2,1-3H3,(H,23,27)/t17-,18-/m0/s1. The zero-order valence-corrected chi connectivity index (χ0v) is 17.3. The summed E-state index contributed by atoms with van der Waals surface area (Å²) in [7, 11) is 0. The zero-order chi connectivity index (χ0) is 20.1. The third-order valence-electron chi connectivity index (χ3n) is 5.85. The van der Waals surface area contributed by atoms with Gasteiger partial charge >= 0.3 is 0 Å². The summed E-state index contributed by atoms with van der Waals surface area (Å²) in [5, 5.41) is 8.73. The van der Waals surface area contributed by atoms with E-state index in [0.29, 0.717) is 31.5 Å². The second-order valence-corrected chi connectivity index (χ2v) is 8.08. The van der Waals surface area contributed by atoms with Gasteiger partial charge in [-0.15, -0.1) is 0 Å². The Hall–Kier alpha value is -2.21. The highest BCUT2D eigenvalue weighted by Crippen LogP contribution is 2.21. The molecule has 2 aliphatic rings. The number of likely N-dealkylation sites (tertiary alicyclic amines) is 1. The quantitative estimate of drug-likeness (QED) is 0.820. The lowest BCUT2D eigenvalue weighted by atomic mass is 9.98. The molecule has 6 heteroatoms. The molecule has 1 N–H and O–H groups in total. The summed E-state index contributed by atoms with van der Waals surface area (Å²) in [4.78, 5) is 27.0. The van der Waals surface area contributed by atoms with Gasteiger partial charge in [-0.05, 0) is 39.2 Å². The number of aryl methyl sites for hydroxylation is 1. The summed E-state index contributed by atoms with van der Waals surface area (Å²) in [6.07, 6.45) is 4.73. The van der Waals surface area contributed by atoms with Crippen molar-refractivity contribution in [2.45, 2.75) is 65.0 Å². The van der Waals surface area contributed by atoms with E-state index in [4.69, 9.17) is 0 Å². The lowest BCUT2D eigenvalue weighted by Crippen LogP contribution is -2.48. The fraction of sp³-hybridized carbons (Fsp3) is 0.591. The van der Waals surface area contributed by atoms with Crippen molar-refractivity contribution in [2.24, 2.45) is 5.10 Å². The van der Waals surface area contributed by atoms with Crippen molar-refractivity contribution in [2.75, 3.05) is 19.6 Å². The van der Waals surface area contributed by atoms with Crippen LogP contribution in [0.5, 0.6) is 0 Å². The van der Waals surface area contributed by atoms with E-state index in [1.807, 2.05) is 31.2 Å². The van der Waals surface area contributed by atoms with Crippen LogP contribution in [-0.2, 0) is 9.59 Å². The van der Waals surface area contributed by atoms with E-state index in [9.17, 15) is 9.59 Å². The number of hydrogen-bond acceptors (Lipinski definition) is 4. The number of hydrogen-bond donors (Lipinski definition) is 1. The van der Waals surface area contributed by atoms with Crippen molar-refractivity contribution in [3.8, 4) is 0 Å². The highest BCUT2D eigenvalue weighted by molar-refractivity contribution is 6.04. The van der Waals surface area contributed by atoms with Gasteiger partial charge in [0.1, 0.15) is 6.54 Å². The molecule has 1 fully saturated rings. The van der Waals surface area contributed by atoms with Crippen molar-refractivity contribution >= 4 is 17.5 Å². The Morgan fingerprint density at radius 3 is 2.50 bits per heavy atom. The van der Waals surface area contributed by atoms with Crippen molar-refractivity contribution in [1.29, 1.82) is 0 Å². The van der Waals surface area contributed by atoms with Crippen LogP contribution in [0.2, 0.25) is 0 Å². The second-order valence-electron chi connectivity index (χ2n) is 8.08. The summed E-state index contributed by atoms with van der Waals surface area (Å²) in [5.74, 6) is -0.246.